The molecule has 1 aliphatic carbocycles. The molecule has 1 N–H and O–H groups in total. The van der Waals surface area contributed by atoms with E-state index in [1.165, 1.54) is 0 Å². The monoisotopic (exact) mass is 202 g/mol. The van der Waals surface area contributed by atoms with Crippen LogP contribution in [0, 0.1) is 0 Å². The summed E-state index contributed by atoms with van der Waals surface area (Å²) in [5, 5.41) is 10.5. The van der Waals surface area contributed by atoms with E-state index in [2.05, 4.69) is 0 Å². The Kier molecular flexibility index (Phi) is 2.03. The van der Waals surface area contributed by atoms with Gasteiger partial charge in [0.1, 0.15) is 0 Å². The van der Waals surface area contributed by atoms with E-state index in [9.17, 15) is 5.11 Å². The number of halogens is 2. The summed E-state index contributed by atoms with van der Waals surface area (Å²) < 4.78 is 0. The average molecular weight is 203 g/mol. The third-order valence-corrected chi connectivity index (χ3v) is 3.03. The van der Waals surface area contributed by atoms with Gasteiger partial charge in [-0.25, -0.2) is 0 Å². The van der Waals surface area contributed by atoms with E-state index in [0.29, 0.717) is 22.9 Å². The maximum absolute atomic E-state index is 9.36. The fraction of sp³-hybridized carbons (Fsp3) is 0.333. The third kappa shape index (κ3) is 1.22. The Morgan fingerprint density at radius 2 is 2.00 bits per heavy atom. The van der Waals surface area contributed by atoms with E-state index in [1.807, 2.05) is 6.07 Å². The van der Waals surface area contributed by atoms with Crippen molar-refractivity contribution in [2.24, 2.45) is 0 Å². The third-order valence-electron chi connectivity index (χ3n) is 2.19. The van der Waals surface area contributed by atoms with Crippen molar-refractivity contribution in [1.29, 1.82) is 0 Å². The lowest BCUT2D eigenvalue weighted by Gasteiger charge is -2.02. The van der Waals surface area contributed by atoms with Crippen molar-refractivity contribution < 1.29 is 5.11 Å². The molecule has 0 aromatic heterocycles. The van der Waals surface area contributed by atoms with Gasteiger partial charge in [-0.15, -0.1) is 0 Å². The molecule has 0 amide bonds. The second-order valence-electron chi connectivity index (χ2n) is 3.06. The Balaban J connectivity index is 2.54. The number of hydrogen-bond acceptors (Lipinski definition) is 1. The van der Waals surface area contributed by atoms with Crippen molar-refractivity contribution in [3.63, 3.8) is 0 Å². The van der Waals surface area contributed by atoms with Crippen molar-refractivity contribution in [1.82, 2.24) is 0 Å². The van der Waals surface area contributed by atoms with Crippen LogP contribution >= 0.6 is 23.2 Å². The summed E-state index contributed by atoms with van der Waals surface area (Å²) in [4.78, 5) is 0. The highest BCUT2D eigenvalue weighted by Crippen LogP contribution is 2.33. The standard InChI is InChI=1S/C9H8Cl2O/c10-8-2-1-5-3-6(12)4-7(5)9(8)11/h1-2,6,12H,3-4H2. The first-order chi connectivity index (χ1) is 5.68. The summed E-state index contributed by atoms with van der Waals surface area (Å²) in [6.07, 6.45) is 1.05. The van der Waals surface area contributed by atoms with E-state index in [1.54, 1.807) is 6.07 Å². The van der Waals surface area contributed by atoms with Crippen LogP contribution in [0.3, 0.4) is 0 Å². The van der Waals surface area contributed by atoms with Crippen LogP contribution < -0.4 is 0 Å². The van der Waals surface area contributed by atoms with Gasteiger partial charge in [-0.1, -0.05) is 29.3 Å². The molecule has 0 saturated carbocycles. The fourth-order valence-electron chi connectivity index (χ4n) is 1.61. The van der Waals surface area contributed by atoms with Crippen LogP contribution in [0.5, 0.6) is 0 Å². The molecule has 1 nitrogen and oxygen atoms in total. The van der Waals surface area contributed by atoms with E-state index >= 15 is 0 Å². The van der Waals surface area contributed by atoms with Crippen LogP contribution in [-0.4, -0.2) is 11.2 Å². The number of benzene rings is 1. The van der Waals surface area contributed by atoms with Crippen molar-refractivity contribution in [2.75, 3.05) is 0 Å². The van der Waals surface area contributed by atoms with Gasteiger partial charge in [-0.3, -0.25) is 0 Å². The lowest BCUT2D eigenvalue weighted by atomic mass is 10.1. The number of aliphatic hydroxyl groups excluding tert-OH is 1. The molecule has 0 fully saturated rings. The first-order valence-electron chi connectivity index (χ1n) is 3.82. The topological polar surface area (TPSA) is 20.2 Å². The smallest absolute Gasteiger partial charge is 0.0628 e. The van der Waals surface area contributed by atoms with E-state index in [0.717, 1.165) is 11.1 Å². The highest BCUT2D eigenvalue weighted by molar-refractivity contribution is 6.42. The molecular weight excluding hydrogens is 195 g/mol. The zero-order chi connectivity index (χ0) is 8.72. The molecule has 0 spiro atoms. The van der Waals surface area contributed by atoms with Gasteiger partial charge in [0.25, 0.3) is 0 Å². The van der Waals surface area contributed by atoms with E-state index in [4.69, 9.17) is 23.2 Å². The van der Waals surface area contributed by atoms with Crippen molar-refractivity contribution in [2.45, 2.75) is 18.9 Å². The minimum Gasteiger partial charge on any atom is -0.392 e. The molecular formula is C9H8Cl2O. The molecule has 1 aliphatic rings. The highest BCUT2D eigenvalue weighted by Gasteiger charge is 2.22. The van der Waals surface area contributed by atoms with Gasteiger partial charge in [0.2, 0.25) is 0 Å². The Bertz CT molecular complexity index is 323. The molecule has 0 bridgehead atoms. The van der Waals surface area contributed by atoms with Gasteiger partial charge >= 0.3 is 0 Å². The van der Waals surface area contributed by atoms with Crippen molar-refractivity contribution >= 4 is 23.2 Å². The van der Waals surface area contributed by atoms with Crippen molar-refractivity contribution in [3.05, 3.63) is 33.3 Å². The lowest BCUT2D eigenvalue weighted by molar-refractivity contribution is 0.187. The molecule has 2 rings (SSSR count). The number of fused-ring (bicyclic) bond motifs is 1. The molecule has 0 aliphatic heterocycles. The molecule has 12 heavy (non-hydrogen) atoms. The first kappa shape index (κ1) is 8.36. The molecule has 1 aromatic rings. The summed E-state index contributed by atoms with van der Waals surface area (Å²) >= 11 is 11.8. The van der Waals surface area contributed by atoms with E-state index in [-0.39, 0.29) is 6.10 Å². The van der Waals surface area contributed by atoms with Crippen LogP contribution in [0.4, 0.5) is 0 Å². The fourth-order valence-corrected chi connectivity index (χ4v) is 2.04. The minimum atomic E-state index is -0.282. The highest BCUT2D eigenvalue weighted by atomic mass is 35.5. The Labute approximate surface area is 80.9 Å². The second-order valence-corrected chi connectivity index (χ2v) is 3.85. The molecule has 0 heterocycles. The maximum Gasteiger partial charge on any atom is 0.0628 e. The Morgan fingerprint density at radius 3 is 2.75 bits per heavy atom. The van der Waals surface area contributed by atoms with Gasteiger partial charge < -0.3 is 5.11 Å². The predicted molar refractivity (Wildman–Crippen MR) is 49.9 cm³/mol. The van der Waals surface area contributed by atoms with Crippen LogP contribution in [-0.2, 0) is 12.8 Å². The summed E-state index contributed by atoms with van der Waals surface area (Å²) in [5.41, 5.74) is 2.13. The van der Waals surface area contributed by atoms with Crippen LogP contribution in [0.2, 0.25) is 10.0 Å². The SMILES string of the molecule is OC1Cc2ccc(Cl)c(Cl)c2C1. The number of hydrogen-bond donors (Lipinski definition) is 1. The number of rotatable bonds is 0. The van der Waals surface area contributed by atoms with Gasteiger partial charge in [0, 0.05) is 6.42 Å². The second kappa shape index (κ2) is 2.91. The zero-order valence-electron chi connectivity index (χ0n) is 6.35. The minimum absolute atomic E-state index is 0.282. The summed E-state index contributed by atoms with van der Waals surface area (Å²) in [6.45, 7) is 0. The van der Waals surface area contributed by atoms with Gasteiger partial charge in [0.15, 0.2) is 0 Å². The first-order valence-corrected chi connectivity index (χ1v) is 4.58. The maximum atomic E-state index is 9.36. The molecule has 0 radical (unpaired) electrons. The van der Waals surface area contributed by atoms with Crippen LogP contribution in [0.25, 0.3) is 0 Å². The molecule has 64 valence electrons. The van der Waals surface area contributed by atoms with Gasteiger partial charge in [0.05, 0.1) is 16.1 Å². The van der Waals surface area contributed by atoms with Crippen LogP contribution in [0.15, 0.2) is 12.1 Å². The van der Waals surface area contributed by atoms with Gasteiger partial charge in [-0.05, 0) is 23.6 Å². The predicted octanol–water partition coefficient (Wildman–Crippen LogP) is 2.45. The Morgan fingerprint density at radius 1 is 1.25 bits per heavy atom. The van der Waals surface area contributed by atoms with Crippen molar-refractivity contribution in [3.8, 4) is 0 Å². The average Bonchev–Trinajstić information content (AvgIpc) is 2.39. The molecule has 1 unspecified atom stereocenters. The normalized spacial score (nSPS) is 21.1. The van der Waals surface area contributed by atoms with E-state index < -0.39 is 0 Å². The lowest BCUT2D eigenvalue weighted by Crippen LogP contribution is -2.03. The summed E-state index contributed by atoms with van der Waals surface area (Å²) in [5.74, 6) is 0. The zero-order valence-corrected chi connectivity index (χ0v) is 7.86. The molecule has 1 aromatic carbocycles. The molecule has 1 atom stereocenters. The van der Waals surface area contributed by atoms with Crippen LogP contribution in [0.1, 0.15) is 11.1 Å². The quantitative estimate of drug-likeness (QED) is 0.686. The largest absolute Gasteiger partial charge is 0.392 e. The molecule has 0 saturated heterocycles. The number of aliphatic hydroxyl groups is 1. The Hall–Kier alpha value is -0.240. The molecule has 3 heteroatoms. The van der Waals surface area contributed by atoms with Gasteiger partial charge in [-0.2, -0.15) is 0 Å². The summed E-state index contributed by atoms with van der Waals surface area (Å²) in [6, 6.07) is 3.71. The summed E-state index contributed by atoms with van der Waals surface area (Å²) in [7, 11) is 0.